The predicted octanol–water partition coefficient (Wildman–Crippen LogP) is 3.30. The Morgan fingerprint density at radius 1 is 1.03 bits per heavy atom. The summed E-state index contributed by atoms with van der Waals surface area (Å²) in [6.07, 6.45) is 3.28. The molecule has 0 amide bonds. The van der Waals surface area contributed by atoms with E-state index in [2.05, 4.69) is 15.0 Å². The van der Waals surface area contributed by atoms with Crippen molar-refractivity contribution in [1.29, 1.82) is 0 Å². The largest absolute Gasteiger partial charge is 0.375 e. The van der Waals surface area contributed by atoms with Crippen molar-refractivity contribution in [3.63, 3.8) is 0 Å². The highest BCUT2D eigenvalue weighted by Crippen LogP contribution is 2.18. The maximum atomic E-state index is 12.7. The van der Waals surface area contributed by atoms with Crippen LogP contribution < -0.4 is 10.0 Å². The fourth-order valence-corrected chi connectivity index (χ4v) is 4.32. The number of aromatic nitrogens is 1. The lowest BCUT2D eigenvalue weighted by molar-refractivity contribution is 0.102. The van der Waals surface area contributed by atoms with Crippen LogP contribution >= 0.6 is 12.4 Å². The Hall–Kier alpha value is -2.03. The SMILES string of the molecule is CO[C@@H](CNC[C@@H](C)NS(=O)(=O)c1ccc2cnccc2c1)c1ccccc1.Cl. The maximum absolute atomic E-state index is 12.7. The number of ether oxygens (including phenoxy) is 1. The van der Waals surface area contributed by atoms with Crippen molar-refractivity contribution in [3.8, 4) is 0 Å². The van der Waals surface area contributed by atoms with Gasteiger partial charge in [0.15, 0.2) is 0 Å². The summed E-state index contributed by atoms with van der Waals surface area (Å²) in [7, 11) is -1.93. The van der Waals surface area contributed by atoms with Crippen LogP contribution in [-0.2, 0) is 14.8 Å². The molecule has 156 valence electrons. The second-order valence-corrected chi connectivity index (χ2v) is 8.41. The van der Waals surface area contributed by atoms with Gasteiger partial charge in [-0.1, -0.05) is 36.4 Å². The van der Waals surface area contributed by atoms with E-state index < -0.39 is 10.0 Å². The van der Waals surface area contributed by atoms with Gasteiger partial charge in [0.1, 0.15) is 0 Å². The Labute approximate surface area is 178 Å². The Bertz CT molecular complexity index is 1020. The van der Waals surface area contributed by atoms with E-state index in [0.29, 0.717) is 13.1 Å². The van der Waals surface area contributed by atoms with Crippen LogP contribution in [-0.4, -0.2) is 39.6 Å². The number of sulfonamides is 1. The van der Waals surface area contributed by atoms with Gasteiger partial charge in [-0.25, -0.2) is 13.1 Å². The fraction of sp³-hybridized carbons (Fsp3) is 0.286. The zero-order valence-electron chi connectivity index (χ0n) is 16.4. The monoisotopic (exact) mass is 435 g/mol. The van der Waals surface area contributed by atoms with Gasteiger partial charge in [-0.05, 0) is 36.1 Å². The molecular formula is C21H26ClN3O3S. The zero-order valence-corrected chi connectivity index (χ0v) is 18.0. The molecule has 0 unspecified atom stereocenters. The minimum absolute atomic E-state index is 0. The first-order valence-corrected chi connectivity index (χ1v) is 10.6. The van der Waals surface area contributed by atoms with Crippen molar-refractivity contribution in [1.82, 2.24) is 15.0 Å². The first kappa shape index (κ1) is 23.3. The van der Waals surface area contributed by atoms with Crippen molar-refractivity contribution in [2.45, 2.75) is 24.0 Å². The van der Waals surface area contributed by atoms with Crippen molar-refractivity contribution < 1.29 is 13.2 Å². The third kappa shape index (κ3) is 6.22. The smallest absolute Gasteiger partial charge is 0.240 e. The molecule has 2 N–H and O–H groups in total. The zero-order chi connectivity index (χ0) is 20.0. The quantitative estimate of drug-likeness (QED) is 0.539. The van der Waals surface area contributed by atoms with E-state index in [1.54, 1.807) is 43.8 Å². The molecule has 0 saturated carbocycles. The van der Waals surface area contributed by atoms with Gasteiger partial charge < -0.3 is 10.1 Å². The summed E-state index contributed by atoms with van der Waals surface area (Å²) in [5.41, 5.74) is 1.08. The Balaban J connectivity index is 0.00000300. The number of hydrogen-bond acceptors (Lipinski definition) is 5. The van der Waals surface area contributed by atoms with Crippen molar-refractivity contribution in [3.05, 3.63) is 72.6 Å². The standard InChI is InChI=1S/C21H25N3O3S.ClH/c1-16(13-23-15-21(27-2)17-6-4-3-5-7-17)24-28(25,26)20-9-8-19-14-22-11-10-18(19)12-20;/h3-12,14,16,21,23-24H,13,15H2,1-2H3;1H/t16-,21+;/m1./s1. The highest BCUT2D eigenvalue weighted by molar-refractivity contribution is 7.89. The molecule has 2 aromatic carbocycles. The summed E-state index contributed by atoms with van der Waals surface area (Å²) >= 11 is 0. The number of halogens is 1. The van der Waals surface area contributed by atoms with E-state index in [-0.39, 0.29) is 29.4 Å². The van der Waals surface area contributed by atoms with Crippen LogP contribution in [0.1, 0.15) is 18.6 Å². The van der Waals surface area contributed by atoms with E-state index in [4.69, 9.17) is 4.74 Å². The van der Waals surface area contributed by atoms with Crippen LogP contribution in [0.15, 0.2) is 71.9 Å². The van der Waals surface area contributed by atoms with Crippen LogP contribution in [0, 0.1) is 0 Å². The number of fused-ring (bicyclic) bond motifs is 1. The van der Waals surface area contributed by atoms with E-state index in [1.807, 2.05) is 37.3 Å². The lowest BCUT2D eigenvalue weighted by Crippen LogP contribution is -2.41. The van der Waals surface area contributed by atoms with Crippen LogP contribution in [0.5, 0.6) is 0 Å². The Morgan fingerprint density at radius 2 is 1.79 bits per heavy atom. The molecule has 1 heterocycles. The molecule has 0 fully saturated rings. The minimum atomic E-state index is -3.60. The lowest BCUT2D eigenvalue weighted by atomic mass is 10.1. The number of benzene rings is 2. The number of hydrogen-bond donors (Lipinski definition) is 2. The molecule has 29 heavy (non-hydrogen) atoms. The van der Waals surface area contributed by atoms with Crippen LogP contribution in [0.3, 0.4) is 0 Å². The topological polar surface area (TPSA) is 80.3 Å². The molecule has 0 aliphatic carbocycles. The molecule has 0 spiro atoms. The van der Waals surface area contributed by atoms with Gasteiger partial charge in [0.05, 0.1) is 11.0 Å². The highest BCUT2D eigenvalue weighted by Gasteiger charge is 2.18. The average Bonchev–Trinajstić information content (AvgIpc) is 2.71. The molecule has 0 radical (unpaired) electrons. The molecular weight excluding hydrogens is 410 g/mol. The third-order valence-electron chi connectivity index (χ3n) is 4.51. The van der Waals surface area contributed by atoms with Crippen LogP contribution in [0.25, 0.3) is 10.8 Å². The molecule has 3 rings (SSSR count). The van der Waals surface area contributed by atoms with Gasteiger partial charge in [-0.3, -0.25) is 4.98 Å². The number of nitrogens with zero attached hydrogens (tertiary/aromatic N) is 1. The molecule has 0 aliphatic heterocycles. The Morgan fingerprint density at radius 3 is 2.52 bits per heavy atom. The molecule has 0 saturated heterocycles. The van der Waals surface area contributed by atoms with Gasteiger partial charge in [-0.2, -0.15) is 0 Å². The number of rotatable bonds is 9. The van der Waals surface area contributed by atoms with Gasteiger partial charge >= 0.3 is 0 Å². The summed E-state index contributed by atoms with van der Waals surface area (Å²) < 4.78 is 33.6. The summed E-state index contributed by atoms with van der Waals surface area (Å²) in [6.45, 7) is 2.92. The summed E-state index contributed by atoms with van der Waals surface area (Å²) in [5, 5.41) is 5.03. The summed E-state index contributed by atoms with van der Waals surface area (Å²) in [4.78, 5) is 4.29. The summed E-state index contributed by atoms with van der Waals surface area (Å²) in [5.74, 6) is 0. The molecule has 8 heteroatoms. The highest BCUT2D eigenvalue weighted by atomic mass is 35.5. The van der Waals surface area contributed by atoms with E-state index >= 15 is 0 Å². The van der Waals surface area contributed by atoms with E-state index in [0.717, 1.165) is 16.3 Å². The van der Waals surface area contributed by atoms with Crippen LogP contribution in [0.4, 0.5) is 0 Å². The van der Waals surface area contributed by atoms with Gasteiger partial charge in [-0.15, -0.1) is 12.4 Å². The normalized spacial score (nSPS) is 13.6. The predicted molar refractivity (Wildman–Crippen MR) is 118 cm³/mol. The van der Waals surface area contributed by atoms with Crippen molar-refractivity contribution in [2.75, 3.05) is 20.2 Å². The summed E-state index contributed by atoms with van der Waals surface area (Å²) in [6, 6.07) is 16.5. The lowest BCUT2D eigenvalue weighted by Gasteiger charge is -2.19. The van der Waals surface area contributed by atoms with Crippen molar-refractivity contribution in [2.24, 2.45) is 0 Å². The molecule has 0 aliphatic rings. The number of methoxy groups -OCH3 is 1. The van der Waals surface area contributed by atoms with Crippen molar-refractivity contribution >= 4 is 33.2 Å². The van der Waals surface area contributed by atoms with E-state index in [9.17, 15) is 8.42 Å². The minimum Gasteiger partial charge on any atom is -0.375 e. The van der Waals surface area contributed by atoms with Gasteiger partial charge in [0.25, 0.3) is 0 Å². The fourth-order valence-electron chi connectivity index (χ4n) is 3.04. The van der Waals surface area contributed by atoms with Gasteiger partial charge in [0.2, 0.25) is 10.0 Å². The number of pyridine rings is 1. The molecule has 3 aromatic rings. The first-order chi connectivity index (χ1) is 13.5. The van der Waals surface area contributed by atoms with Crippen LogP contribution in [0.2, 0.25) is 0 Å². The average molecular weight is 436 g/mol. The van der Waals surface area contributed by atoms with E-state index in [1.165, 1.54) is 0 Å². The number of nitrogens with one attached hydrogen (secondary N) is 2. The first-order valence-electron chi connectivity index (χ1n) is 9.14. The Kier molecular flexibility index (Phi) is 8.55. The third-order valence-corrected chi connectivity index (χ3v) is 6.10. The molecule has 6 nitrogen and oxygen atoms in total. The second-order valence-electron chi connectivity index (χ2n) is 6.70. The maximum Gasteiger partial charge on any atom is 0.240 e. The molecule has 2 atom stereocenters. The van der Waals surface area contributed by atoms with Gasteiger partial charge in [0, 0.05) is 44.0 Å². The molecule has 0 bridgehead atoms. The molecule has 1 aromatic heterocycles. The second kappa shape index (κ2) is 10.7.